The molecule has 0 saturated heterocycles. The standard InChI is InChI=1S/C20H21N3O2S/c1-2-13-7-3-5-9-15(13)22-17(24)11-23-12-21-19-18(20(23)25)14-8-4-6-10-16(14)26-19/h3,5,7,9,12H,2,4,6,8,10-11H2,1H3,(H,22,24). The van der Waals surface area contributed by atoms with Gasteiger partial charge in [-0.15, -0.1) is 11.3 Å². The number of aromatic nitrogens is 2. The van der Waals surface area contributed by atoms with E-state index >= 15 is 0 Å². The van der Waals surface area contributed by atoms with Crippen molar-refractivity contribution in [2.45, 2.75) is 45.6 Å². The van der Waals surface area contributed by atoms with Crippen LogP contribution in [0, 0.1) is 0 Å². The second kappa shape index (κ2) is 7.03. The molecular weight excluding hydrogens is 346 g/mol. The number of hydrogen-bond acceptors (Lipinski definition) is 4. The van der Waals surface area contributed by atoms with Gasteiger partial charge in [0.2, 0.25) is 5.91 Å². The molecule has 4 rings (SSSR count). The Balaban J connectivity index is 1.62. The van der Waals surface area contributed by atoms with Crippen LogP contribution in [-0.2, 0) is 30.6 Å². The fraction of sp³-hybridized carbons (Fsp3) is 0.350. The van der Waals surface area contributed by atoms with Gasteiger partial charge < -0.3 is 5.32 Å². The van der Waals surface area contributed by atoms with Crippen molar-refractivity contribution < 1.29 is 4.79 Å². The van der Waals surface area contributed by atoms with E-state index in [9.17, 15) is 9.59 Å². The molecular formula is C20H21N3O2S. The summed E-state index contributed by atoms with van der Waals surface area (Å²) in [7, 11) is 0. The Hall–Kier alpha value is -2.47. The number of nitrogens with zero attached hydrogens (tertiary/aromatic N) is 2. The minimum Gasteiger partial charge on any atom is -0.324 e. The quantitative estimate of drug-likeness (QED) is 0.767. The van der Waals surface area contributed by atoms with Crippen LogP contribution in [0.3, 0.4) is 0 Å². The van der Waals surface area contributed by atoms with E-state index in [0.29, 0.717) is 5.39 Å². The number of carbonyl (C=O) groups is 1. The molecule has 0 atom stereocenters. The van der Waals surface area contributed by atoms with E-state index in [1.54, 1.807) is 11.3 Å². The molecule has 1 amide bonds. The Morgan fingerprint density at radius 1 is 1.27 bits per heavy atom. The van der Waals surface area contributed by atoms with Gasteiger partial charge in [0.15, 0.2) is 0 Å². The molecule has 5 nitrogen and oxygen atoms in total. The molecule has 2 heterocycles. The molecule has 0 spiro atoms. The molecule has 1 aliphatic carbocycles. The van der Waals surface area contributed by atoms with E-state index in [-0.39, 0.29) is 18.0 Å². The van der Waals surface area contributed by atoms with Crippen LogP contribution in [0.1, 0.15) is 35.8 Å². The van der Waals surface area contributed by atoms with Crippen molar-refractivity contribution in [1.82, 2.24) is 9.55 Å². The van der Waals surface area contributed by atoms with Gasteiger partial charge >= 0.3 is 0 Å². The normalized spacial score (nSPS) is 13.6. The molecule has 0 fully saturated rings. The van der Waals surface area contributed by atoms with Gasteiger partial charge in [0.1, 0.15) is 11.4 Å². The topological polar surface area (TPSA) is 64.0 Å². The number of hydrogen-bond donors (Lipinski definition) is 1. The van der Waals surface area contributed by atoms with Crippen LogP contribution < -0.4 is 10.9 Å². The lowest BCUT2D eigenvalue weighted by Gasteiger charge is -2.11. The molecule has 1 N–H and O–H groups in total. The number of para-hydroxylation sites is 1. The van der Waals surface area contributed by atoms with Crippen molar-refractivity contribution in [3.05, 3.63) is 57.0 Å². The first-order valence-electron chi connectivity index (χ1n) is 9.05. The molecule has 0 saturated carbocycles. The van der Waals surface area contributed by atoms with Crippen LogP contribution >= 0.6 is 11.3 Å². The van der Waals surface area contributed by atoms with Crippen molar-refractivity contribution in [1.29, 1.82) is 0 Å². The fourth-order valence-corrected chi connectivity index (χ4v) is 4.81. The summed E-state index contributed by atoms with van der Waals surface area (Å²) in [5, 5.41) is 3.63. The molecule has 26 heavy (non-hydrogen) atoms. The van der Waals surface area contributed by atoms with E-state index in [1.165, 1.54) is 22.2 Å². The van der Waals surface area contributed by atoms with Crippen molar-refractivity contribution in [3.8, 4) is 0 Å². The van der Waals surface area contributed by atoms with E-state index < -0.39 is 0 Å². The molecule has 6 heteroatoms. The zero-order chi connectivity index (χ0) is 18.1. The monoisotopic (exact) mass is 367 g/mol. The number of rotatable bonds is 4. The number of thiophene rings is 1. The first-order valence-corrected chi connectivity index (χ1v) is 9.86. The van der Waals surface area contributed by atoms with Crippen LogP contribution in [0.15, 0.2) is 35.4 Å². The fourth-order valence-electron chi connectivity index (χ4n) is 3.59. The third-order valence-electron chi connectivity index (χ3n) is 4.93. The Morgan fingerprint density at radius 3 is 2.92 bits per heavy atom. The lowest BCUT2D eigenvalue weighted by molar-refractivity contribution is -0.116. The van der Waals surface area contributed by atoms with Crippen LogP contribution in [0.2, 0.25) is 0 Å². The minimum absolute atomic E-state index is 0.0234. The Morgan fingerprint density at radius 2 is 2.08 bits per heavy atom. The molecule has 0 unspecified atom stereocenters. The van der Waals surface area contributed by atoms with Crippen LogP contribution in [0.4, 0.5) is 5.69 Å². The van der Waals surface area contributed by atoms with Gasteiger partial charge in [0.25, 0.3) is 5.56 Å². The summed E-state index contributed by atoms with van der Waals surface area (Å²) < 4.78 is 1.42. The van der Waals surface area contributed by atoms with Crippen LogP contribution in [-0.4, -0.2) is 15.5 Å². The predicted octanol–water partition coefficient (Wildman–Crippen LogP) is 3.54. The average Bonchev–Trinajstić information content (AvgIpc) is 3.04. The van der Waals surface area contributed by atoms with Crippen molar-refractivity contribution in [2.24, 2.45) is 0 Å². The third kappa shape index (κ3) is 3.05. The molecule has 0 aliphatic heterocycles. The highest BCUT2D eigenvalue weighted by Gasteiger charge is 2.20. The number of amides is 1. The minimum atomic E-state index is -0.210. The number of benzene rings is 1. The molecule has 1 aromatic carbocycles. The highest BCUT2D eigenvalue weighted by atomic mass is 32.1. The molecule has 134 valence electrons. The van der Waals surface area contributed by atoms with Gasteiger partial charge in [-0.1, -0.05) is 25.1 Å². The van der Waals surface area contributed by atoms with Crippen molar-refractivity contribution in [2.75, 3.05) is 5.32 Å². The first-order chi connectivity index (χ1) is 12.7. The summed E-state index contributed by atoms with van der Waals surface area (Å²) in [4.78, 5) is 31.9. The smallest absolute Gasteiger partial charge is 0.262 e. The van der Waals surface area contributed by atoms with E-state index in [0.717, 1.165) is 47.3 Å². The summed E-state index contributed by atoms with van der Waals surface area (Å²) in [6, 6.07) is 7.73. The predicted molar refractivity (Wildman–Crippen MR) is 105 cm³/mol. The summed E-state index contributed by atoms with van der Waals surface area (Å²) in [5.74, 6) is -0.210. The number of anilines is 1. The Labute approximate surface area is 155 Å². The zero-order valence-corrected chi connectivity index (χ0v) is 15.6. The van der Waals surface area contributed by atoms with Gasteiger partial charge in [-0.2, -0.15) is 0 Å². The second-order valence-electron chi connectivity index (χ2n) is 6.63. The summed E-state index contributed by atoms with van der Waals surface area (Å²) in [5.41, 5.74) is 2.93. The SMILES string of the molecule is CCc1ccccc1NC(=O)Cn1cnc2sc3c(c2c1=O)CCCC3. The molecule has 1 aliphatic rings. The number of carbonyl (C=O) groups excluding carboxylic acids is 1. The molecule has 3 aromatic rings. The van der Waals surface area contributed by atoms with Crippen molar-refractivity contribution >= 4 is 33.1 Å². The second-order valence-corrected chi connectivity index (χ2v) is 7.71. The van der Waals surface area contributed by atoms with Crippen LogP contribution in [0.5, 0.6) is 0 Å². The maximum atomic E-state index is 12.9. The van der Waals surface area contributed by atoms with Gasteiger partial charge in [-0.25, -0.2) is 4.98 Å². The molecule has 0 bridgehead atoms. The zero-order valence-electron chi connectivity index (χ0n) is 14.7. The number of fused-ring (bicyclic) bond motifs is 3. The Bertz CT molecular complexity index is 1040. The third-order valence-corrected chi connectivity index (χ3v) is 6.13. The lowest BCUT2D eigenvalue weighted by Crippen LogP contribution is -2.28. The molecule has 0 radical (unpaired) electrons. The summed E-state index contributed by atoms with van der Waals surface area (Å²) >= 11 is 1.62. The van der Waals surface area contributed by atoms with Gasteiger partial charge in [-0.05, 0) is 49.3 Å². The number of aryl methyl sites for hydroxylation is 3. The van der Waals surface area contributed by atoms with Gasteiger partial charge in [0.05, 0.1) is 11.7 Å². The highest BCUT2D eigenvalue weighted by Crippen LogP contribution is 2.33. The Kier molecular flexibility index (Phi) is 4.59. The van der Waals surface area contributed by atoms with Gasteiger partial charge in [-0.3, -0.25) is 14.2 Å². The lowest BCUT2D eigenvalue weighted by atomic mass is 9.97. The van der Waals surface area contributed by atoms with E-state index in [1.807, 2.05) is 31.2 Å². The van der Waals surface area contributed by atoms with Gasteiger partial charge in [0, 0.05) is 10.6 Å². The highest BCUT2D eigenvalue weighted by molar-refractivity contribution is 7.18. The number of nitrogens with one attached hydrogen (secondary N) is 1. The average molecular weight is 367 g/mol. The summed E-state index contributed by atoms with van der Waals surface area (Å²) in [6.45, 7) is 2.03. The van der Waals surface area contributed by atoms with E-state index in [4.69, 9.17) is 0 Å². The van der Waals surface area contributed by atoms with Crippen molar-refractivity contribution in [3.63, 3.8) is 0 Å². The first kappa shape index (κ1) is 17.0. The van der Waals surface area contributed by atoms with Crippen LogP contribution in [0.25, 0.3) is 10.2 Å². The largest absolute Gasteiger partial charge is 0.324 e. The molecule has 2 aromatic heterocycles. The summed E-state index contributed by atoms with van der Waals surface area (Å²) in [6.07, 6.45) is 6.59. The maximum absolute atomic E-state index is 12.9. The maximum Gasteiger partial charge on any atom is 0.262 e. The van der Waals surface area contributed by atoms with E-state index in [2.05, 4.69) is 10.3 Å².